The molecular weight excluding hydrogens is 338 g/mol. The van der Waals surface area contributed by atoms with Gasteiger partial charge < -0.3 is 10.3 Å². The van der Waals surface area contributed by atoms with Gasteiger partial charge in [-0.15, -0.1) is 0 Å². The van der Waals surface area contributed by atoms with Gasteiger partial charge in [-0.1, -0.05) is 54.4 Å². The van der Waals surface area contributed by atoms with Gasteiger partial charge in [-0.2, -0.15) is 0 Å². The summed E-state index contributed by atoms with van der Waals surface area (Å²) in [6.07, 6.45) is 1.02. The number of imidazole rings is 1. The van der Waals surface area contributed by atoms with Crippen LogP contribution in [0.2, 0.25) is 5.02 Å². The van der Waals surface area contributed by atoms with E-state index < -0.39 is 0 Å². The molecule has 0 aliphatic heterocycles. The van der Waals surface area contributed by atoms with Gasteiger partial charge in [-0.25, -0.2) is 4.98 Å². The smallest absolute Gasteiger partial charge is 0.131 e. The van der Waals surface area contributed by atoms with Gasteiger partial charge in [0.2, 0.25) is 0 Å². The van der Waals surface area contributed by atoms with Gasteiger partial charge in [-0.05, 0) is 18.6 Å². The van der Waals surface area contributed by atoms with Crippen LogP contribution < -0.4 is 5.73 Å². The lowest BCUT2D eigenvalue weighted by Crippen LogP contribution is -2.08. The van der Waals surface area contributed by atoms with Crippen LogP contribution in [0.3, 0.4) is 0 Å². The Bertz CT molecular complexity index is 620. The second-order valence-corrected chi connectivity index (χ2v) is 6.46. The normalized spacial score (nSPS) is 11.3. The van der Waals surface area contributed by atoms with Crippen LogP contribution in [0.25, 0.3) is 11.3 Å². The van der Waals surface area contributed by atoms with Crippen molar-refractivity contribution >= 4 is 33.3 Å². The minimum atomic E-state index is 0.326. The van der Waals surface area contributed by atoms with Crippen LogP contribution in [-0.4, -0.2) is 9.55 Å². The highest BCUT2D eigenvalue weighted by Gasteiger charge is 2.19. The van der Waals surface area contributed by atoms with Crippen molar-refractivity contribution in [1.82, 2.24) is 9.55 Å². The van der Waals surface area contributed by atoms with E-state index in [0.717, 1.165) is 34.5 Å². The van der Waals surface area contributed by atoms with E-state index in [-0.39, 0.29) is 0 Å². The number of nitrogens with two attached hydrogens (primary N) is 1. The molecule has 108 valence electrons. The Hall–Kier alpha value is -1.00. The van der Waals surface area contributed by atoms with Gasteiger partial charge >= 0.3 is 0 Å². The second kappa shape index (κ2) is 6.19. The van der Waals surface area contributed by atoms with E-state index in [2.05, 4.69) is 41.3 Å². The number of hydrogen-bond acceptors (Lipinski definition) is 2. The largest absolute Gasteiger partial charge is 0.383 e. The molecule has 0 fully saturated rings. The van der Waals surface area contributed by atoms with Crippen LogP contribution in [0.5, 0.6) is 0 Å². The quantitative estimate of drug-likeness (QED) is 0.830. The highest BCUT2D eigenvalue weighted by molar-refractivity contribution is 9.10. The monoisotopic (exact) mass is 355 g/mol. The molecule has 0 atom stereocenters. The highest BCUT2D eigenvalue weighted by Crippen LogP contribution is 2.35. The number of nitrogen functional groups attached to an aromatic ring is 1. The topological polar surface area (TPSA) is 43.8 Å². The molecule has 0 bridgehead atoms. The molecule has 1 aromatic carbocycles. The number of benzene rings is 1. The van der Waals surface area contributed by atoms with Gasteiger partial charge in [0.1, 0.15) is 17.3 Å². The summed E-state index contributed by atoms with van der Waals surface area (Å²) in [4.78, 5) is 4.73. The van der Waals surface area contributed by atoms with Crippen molar-refractivity contribution in [2.24, 2.45) is 0 Å². The molecule has 0 saturated heterocycles. The zero-order valence-corrected chi connectivity index (χ0v) is 14.3. The zero-order chi connectivity index (χ0) is 14.9. The summed E-state index contributed by atoms with van der Waals surface area (Å²) >= 11 is 9.73. The van der Waals surface area contributed by atoms with Crippen LogP contribution in [-0.2, 0) is 6.54 Å². The summed E-state index contributed by atoms with van der Waals surface area (Å²) in [5, 5.41) is 0.655. The molecule has 1 aromatic heterocycles. The van der Waals surface area contributed by atoms with Gasteiger partial charge in [0, 0.05) is 22.5 Å². The Kier molecular flexibility index (Phi) is 4.76. The van der Waals surface area contributed by atoms with Gasteiger partial charge in [-0.3, -0.25) is 0 Å². The third-order valence-electron chi connectivity index (χ3n) is 3.19. The summed E-state index contributed by atoms with van der Waals surface area (Å²) in [6.45, 7) is 7.26. The number of rotatable bonds is 4. The minimum absolute atomic E-state index is 0.326. The molecule has 0 unspecified atom stereocenters. The van der Waals surface area contributed by atoms with E-state index in [1.165, 1.54) is 0 Å². The third-order valence-corrected chi connectivity index (χ3v) is 3.99. The SMILES string of the molecule is CCCn1c(C(C)C)nc(-c2ccc(Br)cc2Cl)c1N. The Morgan fingerprint density at radius 3 is 2.65 bits per heavy atom. The third kappa shape index (κ3) is 2.86. The fourth-order valence-corrected chi connectivity index (χ4v) is 3.03. The molecule has 1 heterocycles. The van der Waals surface area contributed by atoms with Crippen LogP contribution >= 0.6 is 27.5 Å². The molecule has 0 amide bonds. The Morgan fingerprint density at radius 2 is 2.10 bits per heavy atom. The molecule has 0 aliphatic carbocycles. The van der Waals surface area contributed by atoms with Crippen LogP contribution in [0.4, 0.5) is 5.82 Å². The molecule has 3 nitrogen and oxygen atoms in total. The van der Waals surface area contributed by atoms with E-state index in [4.69, 9.17) is 22.3 Å². The molecule has 0 spiro atoms. The van der Waals surface area contributed by atoms with Crippen molar-refractivity contribution in [2.45, 2.75) is 39.7 Å². The van der Waals surface area contributed by atoms with E-state index in [9.17, 15) is 0 Å². The van der Waals surface area contributed by atoms with Crippen molar-refractivity contribution in [2.75, 3.05) is 5.73 Å². The lowest BCUT2D eigenvalue weighted by molar-refractivity contribution is 0.616. The van der Waals surface area contributed by atoms with E-state index in [0.29, 0.717) is 16.8 Å². The average molecular weight is 357 g/mol. The van der Waals surface area contributed by atoms with E-state index >= 15 is 0 Å². The molecular formula is C15H19BrClN3. The van der Waals surface area contributed by atoms with Crippen LogP contribution in [0, 0.1) is 0 Å². The number of anilines is 1. The number of hydrogen-bond donors (Lipinski definition) is 1. The second-order valence-electron chi connectivity index (χ2n) is 5.13. The van der Waals surface area contributed by atoms with Gasteiger partial charge in [0.15, 0.2) is 0 Å². The Morgan fingerprint density at radius 1 is 1.40 bits per heavy atom. The molecule has 20 heavy (non-hydrogen) atoms. The predicted octanol–water partition coefficient (Wildman–Crippen LogP) is 5.08. The van der Waals surface area contributed by atoms with Crippen molar-refractivity contribution < 1.29 is 0 Å². The summed E-state index contributed by atoms with van der Waals surface area (Å²) in [7, 11) is 0. The maximum atomic E-state index is 6.32. The summed E-state index contributed by atoms with van der Waals surface area (Å²) < 4.78 is 3.04. The lowest BCUT2D eigenvalue weighted by Gasteiger charge is -2.10. The highest BCUT2D eigenvalue weighted by atomic mass is 79.9. The first-order chi connectivity index (χ1) is 9.45. The van der Waals surface area contributed by atoms with Crippen LogP contribution in [0.1, 0.15) is 38.9 Å². The van der Waals surface area contributed by atoms with Crippen molar-refractivity contribution in [3.8, 4) is 11.3 Å². The first-order valence-corrected chi connectivity index (χ1v) is 7.94. The molecule has 2 rings (SSSR count). The van der Waals surface area contributed by atoms with Gasteiger partial charge in [0.25, 0.3) is 0 Å². The zero-order valence-electron chi connectivity index (χ0n) is 12.0. The average Bonchev–Trinajstić information content (AvgIpc) is 2.68. The van der Waals surface area contributed by atoms with Crippen molar-refractivity contribution in [3.63, 3.8) is 0 Å². The lowest BCUT2D eigenvalue weighted by atomic mass is 10.1. The van der Waals surface area contributed by atoms with Crippen molar-refractivity contribution in [1.29, 1.82) is 0 Å². The molecule has 2 N–H and O–H groups in total. The van der Waals surface area contributed by atoms with Gasteiger partial charge in [0.05, 0.1) is 5.02 Å². The van der Waals surface area contributed by atoms with E-state index in [1.54, 1.807) is 0 Å². The predicted molar refractivity (Wildman–Crippen MR) is 89.2 cm³/mol. The first-order valence-electron chi connectivity index (χ1n) is 6.77. The number of nitrogens with zero attached hydrogens (tertiary/aromatic N) is 2. The number of aromatic nitrogens is 2. The van der Waals surface area contributed by atoms with Crippen molar-refractivity contribution in [3.05, 3.63) is 33.5 Å². The fourth-order valence-electron chi connectivity index (χ4n) is 2.26. The Balaban J connectivity index is 2.60. The molecule has 5 heteroatoms. The maximum absolute atomic E-state index is 6.32. The molecule has 0 aliphatic rings. The van der Waals surface area contributed by atoms with E-state index in [1.807, 2.05) is 18.2 Å². The Labute approximate surface area is 133 Å². The minimum Gasteiger partial charge on any atom is -0.383 e. The molecule has 2 aromatic rings. The standard InChI is InChI=1S/C15H19BrClN3/c1-4-7-20-14(18)13(19-15(20)9(2)3)11-6-5-10(16)8-12(11)17/h5-6,8-9H,4,7,18H2,1-3H3. The molecule has 0 radical (unpaired) electrons. The number of halogens is 2. The summed E-state index contributed by atoms with van der Waals surface area (Å²) in [5.74, 6) is 2.03. The fraction of sp³-hybridized carbons (Fsp3) is 0.400. The van der Waals surface area contributed by atoms with Crippen LogP contribution in [0.15, 0.2) is 22.7 Å². The first kappa shape index (κ1) is 15.4. The maximum Gasteiger partial charge on any atom is 0.131 e. The molecule has 0 saturated carbocycles. The summed E-state index contributed by atoms with van der Waals surface area (Å²) in [5.41, 5.74) is 7.95. The summed E-state index contributed by atoms with van der Waals surface area (Å²) in [6, 6.07) is 5.77.